The Bertz CT molecular complexity index is 594. The highest BCUT2D eigenvalue weighted by Crippen LogP contribution is 2.13. The molecular formula is C31H51NO2. The van der Waals surface area contributed by atoms with Crippen molar-refractivity contribution < 1.29 is 10.2 Å². The Labute approximate surface area is 211 Å². The summed E-state index contributed by atoms with van der Waals surface area (Å²) < 4.78 is 0. The number of hydrogen-bond donors (Lipinski definition) is 2. The molecule has 3 heteroatoms. The second kappa shape index (κ2) is 27.4. The fraction of sp³-hybridized carbons (Fsp3) is 0.710. The second-order valence-electron chi connectivity index (χ2n) is 9.32. The average Bonchev–Trinajstić information content (AvgIpc) is 2.85. The fourth-order valence-electron chi connectivity index (χ4n) is 3.95. The van der Waals surface area contributed by atoms with Crippen LogP contribution in [0.15, 0.2) is 36.5 Å². The lowest BCUT2D eigenvalue weighted by Gasteiger charge is -2.02. The number of rotatable bonds is 24. The molecule has 0 aliphatic carbocycles. The van der Waals surface area contributed by atoms with Crippen LogP contribution in [0, 0.1) is 23.7 Å². The van der Waals surface area contributed by atoms with Crippen LogP contribution in [-0.2, 0) is 0 Å². The van der Waals surface area contributed by atoms with Crippen molar-refractivity contribution in [1.82, 2.24) is 0 Å². The van der Waals surface area contributed by atoms with Crippen LogP contribution in [0.2, 0.25) is 0 Å². The van der Waals surface area contributed by atoms with Gasteiger partial charge in [0.25, 0.3) is 0 Å². The van der Waals surface area contributed by atoms with E-state index in [1.165, 1.54) is 109 Å². The molecule has 0 spiro atoms. The maximum Gasteiger partial charge on any atom is 0.159 e. The Morgan fingerprint density at radius 1 is 0.500 bits per heavy atom. The van der Waals surface area contributed by atoms with Gasteiger partial charge in [0.05, 0.1) is 6.07 Å². The molecule has 0 heterocycles. The highest BCUT2D eigenvalue weighted by molar-refractivity contribution is 5.06. The molecule has 0 saturated heterocycles. The second-order valence-corrected chi connectivity index (χ2v) is 9.32. The first-order valence-electron chi connectivity index (χ1n) is 13.9. The normalized spacial score (nSPS) is 13.5. The van der Waals surface area contributed by atoms with E-state index in [0.29, 0.717) is 0 Å². The fourth-order valence-corrected chi connectivity index (χ4v) is 3.95. The minimum absolute atomic E-state index is 0.722. The van der Waals surface area contributed by atoms with Crippen molar-refractivity contribution in [3.63, 3.8) is 0 Å². The molecule has 0 rings (SSSR count). The van der Waals surface area contributed by atoms with Gasteiger partial charge in [-0.25, -0.2) is 0 Å². The molecular weight excluding hydrogens is 418 g/mol. The first kappa shape index (κ1) is 32.2. The third kappa shape index (κ3) is 26.4. The first-order chi connectivity index (χ1) is 16.7. The van der Waals surface area contributed by atoms with E-state index in [2.05, 4.69) is 18.1 Å². The van der Waals surface area contributed by atoms with E-state index in [-0.39, 0.29) is 0 Å². The Balaban J connectivity index is 3.20. The lowest BCUT2D eigenvalue weighted by atomic mass is 10.0. The van der Waals surface area contributed by atoms with Gasteiger partial charge in [-0.15, -0.1) is 6.42 Å². The zero-order valence-electron chi connectivity index (χ0n) is 21.7. The number of aliphatic hydroxyl groups excluding tert-OH is 2. The van der Waals surface area contributed by atoms with E-state index in [0.717, 1.165) is 19.3 Å². The molecule has 2 atom stereocenters. The number of nitrogens with zero attached hydrogens (tertiary/aromatic N) is 1. The van der Waals surface area contributed by atoms with Gasteiger partial charge < -0.3 is 10.2 Å². The Hall–Kier alpha value is -1.81. The molecule has 0 amide bonds. The predicted octanol–water partition coefficient (Wildman–Crippen LogP) is 8.34. The summed E-state index contributed by atoms with van der Waals surface area (Å²) in [7, 11) is 0. The molecule has 0 aliphatic rings. The Kier molecular flexibility index (Phi) is 26.0. The lowest BCUT2D eigenvalue weighted by molar-refractivity contribution is 0.278. The maximum atomic E-state index is 9.22. The van der Waals surface area contributed by atoms with Crippen LogP contribution in [0.1, 0.15) is 128 Å². The summed E-state index contributed by atoms with van der Waals surface area (Å²) in [4.78, 5) is 0. The van der Waals surface area contributed by atoms with E-state index in [1.54, 1.807) is 18.2 Å². The van der Waals surface area contributed by atoms with Gasteiger partial charge in [-0.2, -0.15) is 5.26 Å². The number of allylic oxidation sites excluding steroid dienone is 4. The molecule has 0 bridgehead atoms. The Morgan fingerprint density at radius 2 is 0.794 bits per heavy atom. The smallest absolute Gasteiger partial charge is 0.159 e. The quantitative estimate of drug-likeness (QED) is 0.0646. The number of hydrogen-bond acceptors (Lipinski definition) is 3. The maximum absolute atomic E-state index is 9.22. The van der Waals surface area contributed by atoms with Crippen LogP contribution in [0.4, 0.5) is 0 Å². The van der Waals surface area contributed by atoms with Gasteiger partial charge >= 0.3 is 0 Å². The van der Waals surface area contributed by atoms with Gasteiger partial charge in [-0.3, -0.25) is 0 Å². The van der Waals surface area contributed by atoms with Crippen LogP contribution < -0.4 is 0 Å². The molecule has 0 aromatic rings. The predicted molar refractivity (Wildman–Crippen MR) is 146 cm³/mol. The van der Waals surface area contributed by atoms with Gasteiger partial charge in [-0.05, 0) is 63.5 Å². The summed E-state index contributed by atoms with van der Waals surface area (Å²) in [5, 5.41) is 26.8. The molecule has 34 heavy (non-hydrogen) atoms. The summed E-state index contributed by atoms with van der Waals surface area (Å²) in [5.74, 6) is 2.29. The van der Waals surface area contributed by atoms with Crippen molar-refractivity contribution in [3.05, 3.63) is 36.5 Å². The minimum atomic E-state index is -0.941. The molecule has 0 aromatic heterocycles. The van der Waals surface area contributed by atoms with E-state index in [1.807, 2.05) is 12.2 Å². The first-order valence-corrected chi connectivity index (χ1v) is 13.9. The van der Waals surface area contributed by atoms with E-state index in [9.17, 15) is 5.11 Å². The Morgan fingerprint density at radius 3 is 1.12 bits per heavy atom. The summed E-state index contributed by atoms with van der Waals surface area (Å²) in [5.41, 5.74) is 0. The summed E-state index contributed by atoms with van der Waals surface area (Å²) in [6.45, 7) is 0. The molecule has 192 valence electrons. The molecule has 0 radical (unpaired) electrons. The van der Waals surface area contributed by atoms with Gasteiger partial charge in [0, 0.05) is 0 Å². The molecule has 0 saturated carbocycles. The summed E-state index contributed by atoms with van der Waals surface area (Å²) in [6, 6.07) is 1.79. The average molecular weight is 470 g/mol. The van der Waals surface area contributed by atoms with Crippen molar-refractivity contribution in [2.24, 2.45) is 0 Å². The van der Waals surface area contributed by atoms with Gasteiger partial charge in [0.15, 0.2) is 6.10 Å². The van der Waals surface area contributed by atoms with E-state index >= 15 is 0 Å². The van der Waals surface area contributed by atoms with Crippen LogP contribution in [0.3, 0.4) is 0 Å². The summed E-state index contributed by atoms with van der Waals surface area (Å²) >= 11 is 0. The third-order valence-electron chi connectivity index (χ3n) is 6.09. The largest absolute Gasteiger partial charge is 0.377 e. The van der Waals surface area contributed by atoms with Crippen molar-refractivity contribution in [2.75, 3.05) is 0 Å². The molecule has 2 N–H and O–H groups in total. The molecule has 1 unspecified atom stereocenters. The minimum Gasteiger partial charge on any atom is -0.377 e. The number of unbranched alkanes of at least 4 members (excludes halogenated alkanes) is 18. The third-order valence-corrected chi connectivity index (χ3v) is 6.09. The molecule has 3 nitrogen and oxygen atoms in total. The van der Waals surface area contributed by atoms with Crippen LogP contribution >= 0.6 is 0 Å². The number of terminal acetylenes is 1. The zero-order chi connectivity index (χ0) is 25.0. The van der Waals surface area contributed by atoms with Crippen LogP contribution in [0.25, 0.3) is 0 Å². The number of nitriles is 1. The van der Waals surface area contributed by atoms with Crippen LogP contribution in [0.5, 0.6) is 0 Å². The molecule has 0 aliphatic heterocycles. The SMILES string of the molecule is C#C[C@H](O)/C=C/CCCCCCCCC/C=C/CCCCCCCCCCC/C=C/C(O)C#N. The van der Waals surface area contributed by atoms with Gasteiger partial charge in [0.1, 0.15) is 6.10 Å². The topological polar surface area (TPSA) is 64.2 Å². The summed E-state index contributed by atoms with van der Waals surface area (Å²) in [6.07, 6.45) is 40.8. The highest BCUT2D eigenvalue weighted by Gasteiger charge is 1.95. The van der Waals surface area contributed by atoms with E-state index in [4.69, 9.17) is 16.8 Å². The molecule has 0 fully saturated rings. The number of aliphatic hydroxyl groups is 2. The monoisotopic (exact) mass is 469 g/mol. The van der Waals surface area contributed by atoms with Crippen molar-refractivity contribution in [2.45, 2.75) is 141 Å². The van der Waals surface area contributed by atoms with Crippen LogP contribution in [-0.4, -0.2) is 22.4 Å². The lowest BCUT2D eigenvalue weighted by Crippen LogP contribution is -1.95. The van der Waals surface area contributed by atoms with Crippen molar-refractivity contribution in [3.8, 4) is 18.4 Å². The van der Waals surface area contributed by atoms with Crippen molar-refractivity contribution >= 4 is 0 Å². The van der Waals surface area contributed by atoms with Gasteiger partial charge in [-0.1, -0.05) is 107 Å². The standard InChI is InChI=1S/C31H51NO2/c1-2-30(33)27-25-23-21-19-17-15-13-11-9-7-5-3-4-6-8-10-12-14-16-18-20-22-24-26-28-31(34)29-32/h1,3,5,25-28,30-31,33-34H,4,6-24H2/b5-3+,27-25+,28-26+/t30-,31?/m0/s1. The molecule has 0 aromatic carbocycles. The van der Waals surface area contributed by atoms with Gasteiger partial charge in [0.2, 0.25) is 0 Å². The highest BCUT2D eigenvalue weighted by atomic mass is 16.3. The van der Waals surface area contributed by atoms with Crippen molar-refractivity contribution in [1.29, 1.82) is 5.26 Å². The van der Waals surface area contributed by atoms with E-state index < -0.39 is 12.2 Å². The zero-order valence-corrected chi connectivity index (χ0v) is 21.7.